The molecule has 0 saturated carbocycles. The molecule has 1 aliphatic heterocycles. The molecule has 0 bridgehead atoms. The van der Waals surface area contributed by atoms with Gasteiger partial charge in [0, 0.05) is 11.1 Å². The molecule has 1 heterocycles. The van der Waals surface area contributed by atoms with E-state index in [1.54, 1.807) is 0 Å². The highest BCUT2D eigenvalue weighted by molar-refractivity contribution is 7.92. The van der Waals surface area contributed by atoms with Gasteiger partial charge in [0.15, 0.2) is 15.7 Å². The quantitative estimate of drug-likeness (QED) is 0.421. The minimum Gasteiger partial charge on any atom is -0.741 e. The average molecular weight is 451 g/mol. The van der Waals surface area contributed by atoms with E-state index in [1.807, 2.05) is 32.0 Å². The number of benzene rings is 2. The van der Waals surface area contributed by atoms with Crippen LogP contribution in [0, 0.1) is 0 Å². The summed E-state index contributed by atoms with van der Waals surface area (Å²) in [6.45, 7) is 7.85. The second-order valence-corrected chi connectivity index (χ2v) is 10.3. The van der Waals surface area contributed by atoms with Crippen LogP contribution >= 0.6 is 0 Å². The molecule has 0 aromatic heterocycles. The van der Waals surface area contributed by atoms with E-state index in [-0.39, 0.29) is 5.60 Å². The van der Waals surface area contributed by atoms with Crippen molar-refractivity contribution in [2.24, 2.45) is 0 Å². The van der Waals surface area contributed by atoms with Crippen LogP contribution in [-0.4, -0.2) is 23.6 Å². The Balaban J connectivity index is 0.000000321. The van der Waals surface area contributed by atoms with Gasteiger partial charge in [0.1, 0.15) is 0 Å². The minimum atomic E-state index is -6.09. The van der Waals surface area contributed by atoms with Gasteiger partial charge in [-0.05, 0) is 39.8 Å². The predicted octanol–water partition coefficient (Wildman–Crippen LogP) is 4.18. The second-order valence-electron chi connectivity index (χ2n) is 7.31. The van der Waals surface area contributed by atoms with Gasteiger partial charge in [0.2, 0.25) is 21.0 Å². The van der Waals surface area contributed by atoms with E-state index >= 15 is 0 Å². The van der Waals surface area contributed by atoms with Gasteiger partial charge in [-0.25, -0.2) is 8.42 Å². The zero-order chi connectivity index (χ0) is 22.3. The predicted molar refractivity (Wildman–Crippen MR) is 102 cm³/mol. The van der Waals surface area contributed by atoms with Gasteiger partial charge in [0.25, 0.3) is 0 Å². The van der Waals surface area contributed by atoms with Crippen LogP contribution in [0.25, 0.3) is 0 Å². The molecule has 29 heavy (non-hydrogen) atoms. The molecule has 2 aromatic rings. The standard InChI is InChI=1S/C18H21O2S.CHF3O3S/c1-17(2,19)13-9-5-7-11-15(13)21-16-12-8-6-10-14(16)18(3,4)20-21;2-1(3,4)8(5,6)7/h5-12,19H,1-4H3;(H,5,6,7)/q+1;/p-1. The van der Waals surface area contributed by atoms with Crippen molar-refractivity contribution in [2.75, 3.05) is 0 Å². The Morgan fingerprint density at radius 1 is 1.00 bits per heavy atom. The van der Waals surface area contributed by atoms with Gasteiger partial charge >= 0.3 is 5.51 Å². The van der Waals surface area contributed by atoms with Crippen LogP contribution < -0.4 is 0 Å². The summed E-state index contributed by atoms with van der Waals surface area (Å²) in [5.74, 6) is 0. The van der Waals surface area contributed by atoms with Crippen molar-refractivity contribution in [2.45, 2.75) is 54.2 Å². The van der Waals surface area contributed by atoms with Crippen LogP contribution in [-0.2, 0) is 36.7 Å². The van der Waals surface area contributed by atoms with Gasteiger partial charge in [0.05, 0.1) is 5.60 Å². The summed E-state index contributed by atoms with van der Waals surface area (Å²) in [4.78, 5) is 2.29. The highest BCUT2D eigenvalue weighted by Gasteiger charge is 2.50. The first-order valence-corrected chi connectivity index (χ1v) is 11.0. The minimum absolute atomic E-state index is 0.299. The fraction of sp³-hybridized carbons (Fsp3) is 0.368. The Morgan fingerprint density at radius 3 is 1.93 bits per heavy atom. The molecule has 1 unspecified atom stereocenters. The molecule has 2 aromatic carbocycles. The van der Waals surface area contributed by atoms with E-state index in [0.29, 0.717) is 0 Å². The summed E-state index contributed by atoms with van der Waals surface area (Å²) >= 11 is -0.453. The number of alkyl halides is 3. The summed E-state index contributed by atoms with van der Waals surface area (Å²) in [6.07, 6.45) is 0. The third-order valence-electron chi connectivity index (χ3n) is 4.06. The molecule has 1 aliphatic rings. The van der Waals surface area contributed by atoms with Gasteiger partial charge in [-0.1, -0.05) is 36.4 Å². The summed E-state index contributed by atoms with van der Waals surface area (Å²) < 4.78 is 65.3. The summed E-state index contributed by atoms with van der Waals surface area (Å²) in [6, 6.07) is 16.4. The Kier molecular flexibility index (Phi) is 6.47. The van der Waals surface area contributed by atoms with E-state index in [1.165, 1.54) is 10.5 Å². The van der Waals surface area contributed by atoms with Crippen molar-refractivity contribution >= 4 is 21.3 Å². The average Bonchev–Trinajstić information content (AvgIpc) is 2.85. The fourth-order valence-corrected chi connectivity index (χ4v) is 5.08. The molecule has 10 heteroatoms. The Morgan fingerprint density at radius 2 is 1.45 bits per heavy atom. The van der Waals surface area contributed by atoms with Crippen LogP contribution in [0.1, 0.15) is 38.8 Å². The molecular formula is C19H21F3O5S2. The van der Waals surface area contributed by atoms with Crippen molar-refractivity contribution in [3.8, 4) is 0 Å². The molecular weight excluding hydrogens is 429 g/mol. The van der Waals surface area contributed by atoms with Crippen LogP contribution in [0.2, 0.25) is 0 Å². The number of hydrogen-bond acceptors (Lipinski definition) is 5. The smallest absolute Gasteiger partial charge is 0.485 e. The molecule has 0 saturated heterocycles. The van der Waals surface area contributed by atoms with Crippen LogP contribution in [0.3, 0.4) is 0 Å². The zero-order valence-electron chi connectivity index (χ0n) is 16.1. The molecule has 1 atom stereocenters. The van der Waals surface area contributed by atoms with Gasteiger partial charge < -0.3 is 9.66 Å². The lowest BCUT2D eigenvalue weighted by molar-refractivity contribution is -0.0517. The number of halogens is 3. The number of rotatable bonds is 2. The Hall–Kier alpha value is -1.59. The van der Waals surface area contributed by atoms with Crippen molar-refractivity contribution in [1.82, 2.24) is 0 Å². The second kappa shape index (κ2) is 7.92. The normalized spacial score (nSPS) is 18.6. The maximum absolute atomic E-state index is 10.7. The lowest BCUT2D eigenvalue weighted by atomic mass is 9.98. The Bertz CT molecular complexity index is 980. The highest BCUT2D eigenvalue weighted by Crippen LogP contribution is 2.46. The molecule has 1 N–H and O–H groups in total. The zero-order valence-corrected chi connectivity index (χ0v) is 17.8. The van der Waals surface area contributed by atoms with E-state index in [4.69, 9.17) is 17.2 Å². The molecule has 0 radical (unpaired) electrons. The van der Waals surface area contributed by atoms with Gasteiger partial charge in [-0.2, -0.15) is 17.4 Å². The van der Waals surface area contributed by atoms with E-state index in [0.717, 1.165) is 10.5 Å². The first-order chi connectivity index (χ1) is 13.1. The molecule has 3 rings (SSSR count). The Labute approximate surface area is 170 Å². The molecule has 0 fully saturated rings. The van der Waals surface area contributed by atoms with Crippen molar-refractivity contribution < 1.29 is 35.4 Å². The van der Waals surface area contributed by atoms with E-state index in [2.05, 4.69) is 44.2 Å². The molecule has 5 nitrogen and oxygen atoms in total. The summed E-state index contributed by atoms with van der Waals surface area (Å²) in [7, 11) is -6.09. The third-order valence-corrected chi connectivity index (χ3v) is 6.72. The largest absolute Gasteiger partial charge is 0.741 e. The first-order valence-electron chi connectivity index (χ1n) is 8.43. The van der Waals surface area contributed by atoms with Crippen molar-refractivity contribution in [3.05, 3.63) is 59.7 Å². The van der Waals surface area contributed by atoms with Crippen molar-refractivity contribution in [1.29, 1.82) is 0 Å². The molecule has 0 spiro atoms. The molecule has 0 aliphatic carbocycles. The van der Waals surface area contributed by atoms with Crippen LogP contribution in [0.15, 0.2) is 58.3 Å². The summed E-state index contributed by atoms with van der Waals surface area (Å²) in [5, 5.41) is 10.5. The maximum atomic E-state index is 10.7. The van der Waals surface area contributed by atoms with E-state index < -0.39 is 32.4 Å². The third kappa shape index (κ3) is 5.32. The number of aliphatic hydroxyl groups is 1. The van der Waals surface area contributed by atoms with Gasteiger partial charge in [-0.3, -0.25) is 0 Å². The maximum Gasteiger partial charge on any atom is 0.485 e. The van der Waals surface area contributed by atoms with Crippen LogP contribution in [0.4, 0.5) is 13.2 Å². The molecule has 0 amide bonds. The van der Waals surface area contributed by atoms with Gasteiger partial charge in [-0.15, -0.1) is 0 Å². The van der Waals surface area contributed by atoms with E-state index in [9.17, 15) is 18.3 Å². The SMILES string of the molecule is CC(C)(O)c1ccccc1[S+]1OC(C)(C)c2ccccc21.O=S(=O)([O-])C(F)(F)F. The van der Waals surface area contributed by atoms with Crippen molar-refractivity contribution in [3.63, 3.8) is 0 Å². The number of fused-ring (bicyclic) bond motifs is 1. The monoisotopic (exact) mass is 450 g/mol. The lowest BCUT2D eigenvalue weighted by Crippen LogP contribution is -2.21. The first kappa shape index (κ1) is 23.7. The highest BCUT2D eigenvalue weighted by atomic mass is 32.2. The topological polar surface area (TPSA) is 86.7 Å². The number of hydrogen-bond donors (Lipinski definition) is 1. The van der Waals surface area contributed by atoms with Crippen LogP contribution in [0.5, 0.6) is 0 Å². The lowest BCUT2D eigenvalue weighted by Gasteiger charge is -2.19. The summed E-state index contributed by atoms with van der Waals surface area (Å²) in [5.41, 5.74) is -4.66. The molecule has 160 valence electrons. The fourth-order valence-electron chi connectivity index (χ4n) is 2.72.